The van der Waals surface area contributed by atoms with Gasteiger partial charge in [-0.05, 0) is 50.3 Å². The van der Waals surface area contributed by atoms with Crippen molar-refractivity contribution >= 4 is 22.9 Å². The van der Waals surface area contributed by atoms with Crippen molar-refractivity contribution in [2.24, 2.45) is 5.92 Å². The Morgan fingerprint density at radius 1 is 1.29 bits per heavy atom. The number of aliphatic hydroxyl groups excluding tert-OH is 1. The van der Waals surface area contributed by atoms with Crippen molar-refractivity contribution < 1.29 is 9.84 Å². The summed E-state index contributed by atoms with van der Waals surface area (Å²) >= 11 is 0. The highest BCUT2D eigenvalue weighted by molar-refractivity contribution is 5.98. The van der Waals surface area contributed by atoms with Gasteiger partial charge in [0, 0.05) is 54.2 Å². The molecular weight excluding hydrogens is 436 g/mol. The van der Waals surface area contributed by atoms with Gasteiger partial charge in [-0.15, -0.1) is 0 Å². The van der Waals surface area contributed by atoms with Crippen molar-refractivity contribution in [3.63, 3.8) is 0 Å². The van der Waals surface area contributed by atoms with Gasteiger partial charge in [0.2, 0.25) is 0 Å². The Balaban J connectivity index is 0.000000509. The molecule has 1 saturated heterocycles. The molecule has 3 N–H and O–H groups in total. The van der Waals surface area contributed by atoms with Gasteiger partial charge in [-0.1, -0.05) is 49.1 Å². The molecule has 6 heteroatoms. The number of rotatable bonds is 6. The Morgan fingerprint density at radius 3 is 2.69 bits per heavy atom. The SMILES string of the molecule is C/C=C(\C)OC.C=C/C=C/c1c[nH]c2ncc(-c3cccc(C(=N)N4CCC(CO)CC4)c3)cc12. The van der Waals surface area contributed by atoms with E-state index in [4.69, 9.17) is 10.1 Å². The molecule has 0 atom stereocenters. The van der Waals surface area contributed by atoms with Crippen LogP contribution in [0.4, 0.5) is 0 Å². The minimum absolute atomic E-state index is 0.245. The van der Waals surface area contributed by atoms with E-state index >= 15 is 0 Å². The first-order valence-electron chi connectivity index (χ1n) is 12.0. The van der Waals surface area contributed by atoms with Gasteiger partial charge >= 0.3 is 0 Å². The lowest BCUT2D eigenvalue weighted by molar-refractivity contribution is 0.166. The highest BCUT2D eigenvalue weighted by Crippen LogP contribution is 2.27. The standard InChI is InChI=1S/C24H26N4O.C5H10O/c1-2-3-5-20-14-26-24-22(20)13-21(15-27-24)18-6-4-7-19(12-18)23(25)28-10-8-17(16-29)9-11-28;1-4-5(2)6-3/h2-7,12-15,17,25,29H,1,8-11,16H2,(H,26,27);4H,1-3H3/b5-3+,25-23?;5-4+. The fourth-order valence-corrected chi connectivity index (χ4v) is 3.98. The van der Waals surface area contributed by atoms with E-state index < -0.39 is 0 Å². The largest absolute Gasteiger partial charge is 0.502 e. The zero-order valence-corrected chi connectivity index (χ0v) is 20.9. The molecule has 0 radical (unpaired) electrons. The molecule has 0 aliphatic carbocycles. The number of allylic oxidation sites excluding steroid dienone is 4. The summed E-state index contributed by atoms with van der Waals surface area (Å²) in [4.78, 5) is 9.87. The number of aromatic amines is 1. The number of benzene rings is 1. The lowest BCUT2D eigenvalue weighted by Gasteiger charge is -2.33. The van der Waals surface area contributed by atoms with Crippen LogP contribution >= 0.6 is 0 Å². The van der Waals surface area contributed by atoms with E-state index in [0.717, 1.165) is 65.0 Å². The number of nitrogens with one attached hydrogen (secondary N) is 2. The molecule has 184 valence electrons. The number of aliphatic hydroxyl groups is 1. The number of piperidine rings is 1. The number of nitrogens with zero attached hydrogens (tertiary/aromatic N) is 2. The lowest BCUT2D eigenvalue weighted by atomic mass is 9.96. The van der Waals surface area contributed by atoms with Crippen LogP contribution in [0.2, 0.25) is 0 Å². The summed E-state index contributed by atoms with van der Waals surface area (Å²) in [7, 11) is 1.66. The molecule has 35 heavy (non-hydrogen) atoms. The van der Waals surface area contributed by atoms with Crippen LogP contribution in [-0.4, -0.2) is 52.6 Å². The van der Waals surface area contributed by atoms with Crippen LogP contribution in [0.3, 0.4) is 0 Å². The molecule has 3 heterocycles. The van der Waals surface area contributed by atoms with Gasteiger partial charge in [0.15, 0.2) is 0 Å². The number of fused-ring (bicyclic) bond motifs is 1. The van der Waals surface area contributed by atoms with Crippen LogP contribution < -0.4 is 0 Å². The van der Waals surface area contributed by atoms with Crippen LogP contribution in [-0.2, 0) is 4.74 Å². The fourth-order valence-electron chi connectivity index (χ4n) is 3.98. The average molecular weight is 473 g/mol. The maximum absolute atomic E-state index is 9.33. The van der Waals surface area contributed by atoms with Crippen LogP contribution in [0, 0.1) is 11.3 Å². The molecule has 0 bridgehead atoms. The molecule has 1 fully saturated rings. The number of methoxy groups -OCH3 is 1. The maximum Gasteiger partial charge on any atom is 0.137 e. The highest BCUT2D eigenvalue weighted by Gasteiger charge is 2.21. The minimum Gasteiger partial charge on any atom is -0.502 e. The molecular formula is C29H36N4O2. The lowest BCUT2D eigenvalue weighted by Crippen LogP contribution is -2.39. The van der Waals surface area contributed by atoms with E-state index in [1.165, 1.54) is 0 Å². The molecule has 2 aromatic heterocycles. The van der Waals surface area contributed by atoms with Gasteiger partial charge in [0.25, 0.3) is 0 Å². The van der Waals surface area contributed by atoms with Crippen LogP contribution in [0.5, 0.6) is 0 Å². The normalized spacial score (nSPS) is 14.6. The Morgan fingerprint density at radius 2 is 2.06 bits per heavy atom. The number of likely N-dealkylation sites (tertiary alicyclic amines) is 1. The molecule has 1 aliphatic heterocycles. The minimum atomic E-state index is 0.245. The second kappa shape index (κ2) is 12.7. The summed E-state index contributed by atoms with van der Waals surface area (Å²) in [6.07, 6.45) is 13.3. The summed E-state index contributed by atoms with van der Waals surface area (Å²) in [5, 5.41) is 19.0. The number of pyridine rings is 1. The molecule has 3 aromatic rings. The van der Waals surface area contributed by atoms with Crippen molar-refractivity contribution in [1.29, 1.82) is 5.41 Å². The van der Waals surface area contributed by atoms with E-state index in [-0.39, 0.29) is 6.61 Å². The average Bonchev–Trinajstić information content (AvgIpc) is 3.33. The fraction of sp³-hybridized carbons (Fsp3) is 0.310. The summed E-state index contributed by atoms with van der Waals surface area (Å²) in [6, 6.07) is 10.2. The zero-order valence-electron chi connectivity index (χ0n) is 20.9. The van der Waals surface area contributed by atoms with Crippen LogP contribution in [0.25, 0.3) is 28.2 Å². The Kier molecular flexibility index (Phi) is 9.44. The molecule has 4 rings (SSSR count). The monoisotopic (exact) mass is 472 g/mol. The summed E-state index contributed by atoms with van der Waals surface area (Å²) in [5.74, 6) is 1.89. The summed E-state index contributed by atoms with van der Waals surface area (Å²) in [5.41, 5.74) is 4.91. The van der Waals surface area contributed by atoms with Gasteiger partial charge in [-0.2, -0.15) is 0 Å². The van der Waals surface area contributed by atoms with Gasteiger partial charge in [0.1, 0.15) is 11.5 Å². The Bertz CT molecular complexity index is 1200. The number of H-pyrrole nitrogens is 1. The third kappa shape index (κ3) is 6.70. The molecule has 6 nitrogen and oxygen atoms in total. The highest BCUT2D eigenvalue weighted by atomic mass is 16.5. The second-order valence-corrected chi connectivity index (χ2v) is 8.60. The summed E-state index contributed by atoms with van der Waals surface area (Å²) < 4.78 is 4.76. The van der Waals surface area contributed by atoms with Crippen molar-refractivity contribution in [2.45, 2.75) is 26.7 Å². The smallest absolute Gasteiger partial charge is 0.137 e. The van der Waals surface area contributed by atoms with Gasteiger partial charge in [0.05, 0.1) is 12.9 Å². The number of hydrogen-bond acceptors (Lipinski definition) is 4. The maximum atomic E-state index is 9.33. The predicted molar refractivity (Wildman–Crippen MR) is 145 cm³/mol. The topological polar surface area (TPSA) is 85.2 Å². The first-order chi connectivity index (χ1) is 17.0. The first-order valence-corrected chi connectivity index (χ1v) is 12.0. The third-order valence-corrected chi connectivity index (χ3v) is 6.36. The van der Waals surface area contributed by atoms with Crippen LogP contribution in [0.15, 0.2) is 73.3 Å². The zero-order chi connectivity index (χ0) is 25.2. The Hall–Kier alpha value is -3.64. The third-order valence-electron chi connectivity index (χ3n) is 6.36. The van der Waals surface area contributed by atoms with Gasteiger partial charge < -0.3 is 19.7 Å². The van der Waals surface area contributed by atoms with E-state index in [9.17, 15) is 5.11 Å². The molecule has 0 spiro atoms. The number of amidine groups is 1. The molecule has 1 aromatic carbocycles. The molecule has 0 amide bonds. The molecule has 1 aliphatic rings. The summed E-state index contributed by atoms with van der Waals surface area (Å²) in [6.45, 7) is 9.48. The van der Waals surface area contributed by atoms with E-state index in [1.54, 1.807) is 13.2 Å². The first kappa shape index (κ1) is 26.0. The van der Waals surface area contributed by atoms with Crippen molar-refractivity contribution in [1.82, 2.24) is 14.9 Å². The van der Waals surface area contributed by atoms with Crippen molar-refractivity contribution in [3.8, 4) is 11.1 Å². The molecule has 0 saturated carbocycles. The number of aromatic nitrogens is 2. The second-order valence-electron chi connectivity index (χ2n) is 8.60. The van der Waals surface area contributed by atoms with Crippen molar-refractivity contribution in [3.05, 3.63) is 84.4 Å². The van der Waals surface area contributed by atoms with Crippen molar-refractivity contribution in [2.75, 3.05) is 26.8 Å². The van der Waals surface area contributed by atoms with Gasteiger partial charge in [-0.3, -0.25) is 5.41 Å². The van der Waals surface area contributed by atoms with E-state index in [1.807, 2.05) is 56.6 Å². The number of ether oxygens (including phenoxy) is 1. The Labute approximate surface area is 208 Å². The van der Waals surface area contributed by atoms with E-state index in [0.29, 0.717) is 11.8 Å². The number of hydrogen-bond donors (Lipinski definition) is 3. The molecule has 0 unspecified atom stereocenters. The quantitative estimate of drug-likeness (QED) is 0.177. The van der Waals surface area contributed by atoms with Crippen LogP contribution in [0.1, 0.15) is 37.8 Å². The van der Waals surface area contributed by atoms with Gasteiger partial charge in [-0.25, -0.2) is 4.98 Å². The van der Waals surface area contributed by atoms with E-state index in [2.05, 4.69) is 39.6 Å². The predicted octanol–water partition coefficient (Wildman–Crippen LogP) is 6.02.